The molecule has 88 valence electrons. The van der Waals surface area contributed by atoms with E-state index in [2.05, 4.69) is 9.97 Å². The van der Waals surface area contributed by atoms with Crippen LogP contribution in [-0.4, -0.2) is 9.97 Å². The summed E-state index contributed by atoms with van der Waals surface area (Å²) >= 11 is 0. The van der Waals surface area contributed by atoms with Crippen molar-refractivity contribution in [3.63, 3.8) is 0 Å². The second-order valence-electron chi connectivity index (χ2n) is 3.86. The number of benzene rings is 1. The van der Waals surface area contributed by atoms with E-state index in [0.717, 1.165) is 17.7 Å². The molecule has 1 aromatic carbocycles. The van der Waals surface area contributed by atoms with Gasteiger partial charge in [-0.3, -0.25) is 0 Å². The summed E-state index contributed by atoms with van der Waals surface area (Å²) in [7, 11) is 0. The van der Waals surface area contributed by atoms with Crippen LogP contribution in [0.3, 0.4) is 0 Å². The van der Waals surface area contributed by atoms with Crippen molar-refractivity contribution in [1.82, 2.24) is 9.97 Å². The average Bonchev–Trinajstić information content (AvgIpc) is 2.28. The summed E-state index contributed by atoms with van der Waals surface area (Å²) in [5.41, 5.74) is 8.30. The van der Waals surface area contributed by atoms with Crippen LogP contribution >= 0.6 is 0 Å². The Kier molecular flexibility index (Phi) is 3.04. The number of nitrogens with two attached hydrogens (primary N) is 1. The van der Waals surface area contributed by atoms with Crippen molar-refractivity contribution < 1.29 is 4.39 Å². The van der Waals surface area contributed by atoms with E-state index in [1.54, 1.807) is 12.1 Å². The minimum Gasteiger partial charge on any atom is -0.383 e. The van der Waals surface area contributed by atoms with Crippen LogP contribution in [0.4, 0.5) is 10.2 Å². The lowest BCUT2D eigenvalue weighted by Crippen LogP contribution is -2.04. The molecule has 2 rings (SSSR count). The van der Waals surface area contributed by atoms with Crippen LogP contribution in [0.15, 0.2) is 24.3 Å². The number of aromatic nitrogens is 2. The molecule has 0 spiro atoms. The van der Waals surface area contributed by atoms with E-state index in [1.807, 2.05) is 13.8 Å². The molecule has 2 N–H and O–H groups in total. The lowest BCUT2D eigenvalue weighted by Gasteiger charge is -2.08. The molecule has 17 heavy (non-hydrogen) atoms. The molecule has 0 saturated carbocycles. The van der Waals surface area contributed by atoms with Crippen LogP contribution < -0.4 is 5.73 Å². The number of hydrogen-bond donors (Lipinski definition) is 1. The predicted molar refractivity (Wildman–Crippen MR) is 66.0 cm³/mol. The van der Waals surface area contributed by atoms with Gasteiger partial charge in [0, 0.05) is 16.8 Å². The molecule has 3 nitrogen and oxygen atoms in total. The number of rotatable bonds is 2. The fourth-order valence-electron chi connectivity index (χ4n) is 1.81. The normalized spacial score (nSPS) is 10.5. The van der Waals surface area contributed by atoms with Gasteiger partial charge in [0.25, 0.3) is 0 Å². The van der Waals surface area contributed by atoms with Gasteiger partial charge in [-0.15, -0.1) is 0 Å². The molecular formula is C13H14FN3. The number of nitrogen functional groups attached to an aromatic ring is 1. The summed E-state index contributed by atoms with van der Waals surface area (Å²) in [5, 5.41) is 0. The van der Waals surface area contributed by atoms with Crippen LogP contribution in [0.5, 0.6) is 0 Å². The zero-order valence-corrected chi connectivity index (χ0v) is 9.87. The maximum Gasteiger partial charge on any atom is 0.161 e. The second-order valence-corrected chi connectivity index (χ2v) is 3.86. The van der Waals surface area contributed by atoms with Crippen LogP contribution in [0.1, 0.15) is 18.2 Å². The Morgan fingerprint density at radius 1 is 1.29 bits per heavy atom. The highest BCUT2D eigenvalue weighted by molar-refractivity contribution is 5.58. The third-order valence-corrected chi connectivity index (χ3v) is 2.68. The lowest BCUT2D eigenvalue weighted by molar-refractivity contribution is 0.628. The van der Waals surface area contributed by atoms with E-state index in [9.17, 15) is 4.39 Å². The Morgan fingerprint density at radius 3 is 2.65 bits per heavy atom. The van der Waals surface area contributed by atoms with Gasteiger partial charge in [0.05, 0.1) is 0 Å². The van der Waals surface area contributed by atoms with Crippen LogP contribution in [-0.2, 0) is 6.42 Å². The SMILES string of the molecule is CCc1c(C)nc(-c2cccc(F)c2)nc1N. The Balaban J connectivity index is 2.54. The molecule has 0 radical (unpaired) electrons. The molecule has 0 amide bonds. The second kappa shape index (κ2) is 4.49. The van der Waals surface area contributed by atoms with Gasteiger partial charge in [0.2, 0.25) is 0 Å². The summed E-state index contributed by atoms with van der Waals surface area (Å²) in [4.78, 5) is 8.57. The third kappa shape index (κ3) is 2.25. The molecule has 0 unspecified atom stereocenters. The fraction of sp³-hybridized carbons (Fsp3) is 0.231. The van der Waals surface area contributed by atoms with Crippen molar-refractivity contribution in [3.05, 3.63) is 41.3 Å². The van der Waals surface area contributed by atoms with Gasteiger partial charge in [0.1, 0.15) is 11.6 Å². The maximum atomic E-state index is 13.1. The molecule has 2 aromatic rings. The number of hydrogen-bond acceptors (Lipinski definition) is 3. The zero-order chi connectivity index (χ0) is 12.4. The molecule has 0 saturated heterocycles. The highest BCUT2D eigenvalue weighted by Gasteiger charge is 2.09. The molecule has 1 heterocycles. The van der Waals surface area contributed by atoms with Crippen LogP contribution in [0, 0.1) is 12.7 Å². The van der Waals surface area contributed by atoms with Crippen molar-refractivity contribution in [2.75, 3.05) is 5.73 Å². The first-order chi connectivity index (χ1) is 8.11. The Morgan fingerprint density at radius 2 is 2.06 bits per heavy atom. The molecule has 0 aliphatic heterocycles. The summed E-state index contributed by atoms with van der Waals surface area (Å²) in [6, 6.07) is 6.19. The van der Waals surface area contributed by atoms with Crippen LogP contribution in [0.2, 0.25) is 0 Å². The summed E-state index contributed by atoms with van der Waals surface area (Å²) < 4.78 is 13.1. The van der Waals surface area contributed by atoms with E-state index in [4.69, 9.17) is 5.73 Å². The minimum absolute atomic E-state index is 0.304. The van der Waals surface area contributed by atoms with Gasteiger partial charge in [-0.2, -0.15) is 0 Å². The van der Waals surface area contributed by atoms with Crippen LogP contribution in [0.25, 0.3) is 11.4 Å². The topological polar surface area (TPSA) is 51.8 Å². The number of halogens is 1. The molecule has 0 bridgehead atoms. The fourth-order valence-corrected chi connectivity index (χ4v) is 1.81. The minimum atomic E-state index is -0.304. The molecule has 0 fully saturated rings. The zero-order valence-electron chi connectivity index (χ0n) is 9.87. The van der Waals surface area contributed by atoms with Gasteiger partial charge in [-0.25, -0.2) is 14.4 Å². The highest BCUT2D eigenvalue weighted by Crippen LogP contribution is 2.21. The van der Waals surface area contributed by atoms with E-state index in [1.165, 1.54) is 12.1 Å². The lowest BCUT2D eigenvalue weighted by atomic mass is 10.1. The maximum absolute atomic E-state index is 13.1. The van der Waals surface area contributed by atoms with E-state index in [0.29, 0.717) is 17.2 Å². The molecule has 0 aliphatic rings. The first kappa shape index (κ1) is 11.5. The van der Waals surface area contributed by atoms with Crippen molar-refractivity contribution in [3.8, 4) is 11.4 Å². The van der Waals surface area contributed by atoms with Gasteiger partial charge in [0.15, 0.2) is 5.82 Å². The molecule has 4 heteroatoms. The smallest absolute Gasteiger partial charge is 0.161 e. The summed E-state index contributed by atoms with van der Waals surface area (Å²) in [5.74, 6) is 0.637. The van der Waals surface area contributed by atoms with Crippen molar-refractivity contribution >= 4 is 5.82 Å². The first-order valence-electron chi connectivity index (χ1n) is 5.50. The molecule has 0 aliphatic carbocycles. The van der Waals surface area contributed by atoms with Crippen molar-refractivity contribution in [2.24, 2.45) is 0 Å². The van der Waals surface area contributed by atoms with E-state index in [-0.39, 0.29) is 5.82 Å². The van der Waals surface area contributed by atoms with Gasteiger partial charge in [-0.1, -0.05) is 19.1 Å². The van der Waals surface area contributed by atoms with E-state index >= 15 is 0 Å². The Hall–Kier alpha value is -1.97. The summed E-state index contributed by atoms with van der Waals surface area (Å²) in [6.07, 6.45) is 0.793. The quantitative estimate of drug-likeness (QED) is 0.864. The number of aryl methyl sites for hydroxylation is 1. The first-order valence-corrected chi connectivity index (χ1v) is 5.50. The third-order valence-electron chi connectivity index (χ3n) is 2.68. The van der Waals surface area contributed by atoms with Crippen molar-refractivity contribution in [1.29, 1.82) is 0 Å². The molecule has 0 atom stereocenters. The number of nitrogens with zero attached hydrogens (tertiary/aromatic N) is 2. The average molecular weight is 231 g/mol. The molecular weight excluding hydrogens is 217 g/mol. The Labute approximate surface area is 99.5 Å². The monoisotopic (exact) mass is 231 g/mol. The summed E-state index contributed by atoms with van der Waals surface area (Å²) in [6.45, 7) is 3.89. The number of anilines is 1. The molecule has 1 aromatic heterocycles. The largest absolute Gasteiger partial charge is 0.383 e. The highest BCUT2D eigenvalue weighted by atomic mass is 19.1. The standard InChI is InChI=1S/C13H14FN3/c1-3-11-8(2)16-13(17-12(11)15)9-5-4-6-10(14)7-9/h4-7H,3H2,1-2H3,(H2,15,16,17). The van der Waals surface area contributed by atoms with Gasteiger partial charge in [-0.05, 0) is 25.5 Å². The Bertz CT molecular complexity index is 529. The van der Waals surface area contributed by atoms with Crippen molar-refractivity contribution in [2.45, 2.75) is 20.3 Å². The van der Waals surface area contributed by atoms with E-state index < -0.39 is 0 Å². The predicted octanol–water partition coefficient (Wildman–Crippen LogP) is 2.74. The van der Waals surface area contributed by atoms with Gasteiger partial charge < -0.3 is 5.73 Å². The van der Waals surface area contributed by atoms with Gasteiger partial charge >= 0.3 is 0 Å².